The molecule has 5 nitrogen and oxygen atoms in total. The fourth-order valence-electron chi connectivity index (χ4n) is 0.797. The van der Waals surface area contributed by atoms with E-state index in [9.17, 15) is 0 Å². The molecule has 0 aliphatic rings. The number of quaternary nitrogens is 1. The zero-order valence-electron chi connectivity index (χ0n) is 8.09. The second-order valence-electron chi connectivity index (χ2n) is 2.79. The van der Waals surface area contributed by atoms with Crippen LogP contribution in [0.3, 0.4) is 0 Å². The van der Waals surface area contributed by atoms with Gasteiger partial charge >= 0.3 is 90.5 Å². The summed E-state index contributed by atoms with van der Waals surface area (Å²) in [5, 5.41) is 6.67. The van der Waals surface area contributed by atoms with Crippen LogP contribution in [-0.4, -0.2) is 40.7 Å². The molecule has 0 saturated carbocycles. The molecule has 0 aromatic heterocycles. The molecule has 0 amide bonds. The van der Waals surface area contributed by atoms with Gasteiger partial charge in [0.05, 0.1) is 0 Å². The second-order valence-corrected chi connectivity index (χ2v) is 5.32. The number of nitrogens with one attached hydrogen (secondary N) is 2. The first-order valence-corrected chi connectivity index (χ1v) is 7.01. The molecule has 0 heterocycles. The van der Waals surface area contributed by atoms with Gasteiger partial charge in [-0.05, 0) is 0 Å². The van der Waals surface area contributed by atoms with Crippen molar-refractivity contribution in [2.45, 2.75) is 0 Å². The van der Waals surface area contributed by atoms with Crippen LogP contribution in [0.25, 0.3) is 0 Å². The molecule has 6 heteroatoms. The Morgan fingerprint density at radius 1 is 1.69 bits per heavy atom. The molecule has 0 radical (unpaired) electrons. The number of hydrogen-bond acceptors (Lipinski definition) is 4. The molecule has 1 atom stereocenters. The van der Waals surface area contributed by atoms with Gasteiger partial charge in [-0.1, -0.05) is 0 Å². The quantitative estimate of drug-likeness (QED) is 0.0491. The number of rotatable bonds is 8. The number of halogens is 1. The molecule has 0 bridgehead atoms. The average molecular weight is 300 g/mol. The number of hydrogen-bond donors (Lipinski definition) is 3. The summed E-state index contributed by atoms with van der Waals surface area (Å²) in [4.78, 5) is 0. The van der Waals surface area contributed by atoms with Crippen LogP contribution in [-0.2, 0) is 0 Å². The van der Waals surface area contributed by atoms with E-state index in [0.717, 1.165) is 15.8 Å². The number of nitrogens with zero attached hydrogens (tertiary/aromatic N) is 2. The van der Waals surface area contributed by atoms with Crippen LogP contribution in [0.5, 0.6) is 0 Å². The zero-order chi connectivity index (χ0) is 10.2. The molecule has 4 N–H and O–H groups in total. The molecular weight excluding hydrogens is 281 g/mol. The molecule has 0 aliphatic carbocycles. The van der Waals surface area contributed by atoms with Crippen molar-refractivity contribution >= 4 is 6.72 Å². The second kappa shape index (κ2) is 7.48. The van der Waals surface area contributed by atoms with E-state index in [0.29, 0.717) is 11.2 Å². The summed E-state index contributed by atoms with van der Waals surface area (Å²) in [6.45, 7) is 4.74. The van der Waals surface area contributed by atoms with Gasteiger partial charge in [0.15, 0.2) is 0 Å². The maximum atomic E-state index is 5.64. The van der Waals surface area contributed by atoms with Crippen molar-refractivity contribution in [2.24, 2.45) is 10.8 Å². The van der Waals surface area contributed by atoms with Gasteiger partial charge in [-0.2, -0.15) is 0 Å². The minimum atomic E-state index is 0.0547. The Balaban J connectivity index is 3.62. The predicted octanol–water partition coefficient (Wildman–Crippen LogP) is -4.10. The van der Waals surface area contributed by atoms with Gasteiger partial charge in [0, 0.05) is 0 Å². The third-order valence-corrected chi connectivity index (χ3v) is 4.30. The third kappa shape index (κ3) is 6.19. The van der Waals surface area contributed by atoms with Gasteiger partial charge in [-0.3, -0.25) is 0 Å². The Labute approximate surface area is 90.6 Å². The maximum absolute atomic E-state index is 5.64. The van der Waals surface area contributed by atoms with E-state index in [2.05, 4.69) is 29.6 Å². The Hall–Kier alpha value is 0.0800. The number of hydrazone groups is 1. The van der Waals surface area contributed by atoms with E-state index in [1.54, 1.807) is 0 Å². The fraction of sp³-hybridized carbons (Fsp3) is 0.714. The summed E-state index contributed by atoms with van der Waals surface area (Å²) >= 11 is 0.0547. The van der Waals surface area contributed by atoms with E-state index in [1.165, 1.54) is 0 Å². The summed E-state index contributed by atoms with van der Waals surface area (Å²) in [5.41, 5.74) is 8.49. The van der Waals surface area contributed by atoms with Gasteiger partial charge in [0.1, 0.15) is 0 Å². The van der Waals surface area contributed by atoms with Crippen molar-refractivity contribution < 1.29 is 25.7 Å². The molecule has 0 aliphatic heterocycles. The molecule has 1 unspecified atom stereocenters. The summed E-state index contributed by atoms with van der Waals surface area (Å²) < 4.78 is 2.61. The fourth-order valence-corrected chi connectivity index (χ4v) is 3.06. The summed E-state index contributed by atoms with van der Waals surface area (Å²) in [6, 6.07) is 0. The number of alkyl halides is 2. The van der Waals surface area contributed by atoms with E-state index >= 15 is 0 Å². The summed E-state index contributed by atoms with van der Waals surface area (Å²) in [5.74, 6) is 0. The van der Waals surface area contributed by atoms with Gasteiger partial charge < -0.3 is 0 Å². The molecule has 0 spiro atoms. The van der Waals surface area contributed by atoms with E-state index in [4.69, 9.17) is 5.73 Å². The van der Waals surface area contributed by atoms with Crippen molar-refractivity contribution in [3.05, 3.63) is 7.05 Å². The van der Waals surface area contributed by atoms with Crippen molar-refractivity contribution in [2.75, 3.05) is 29.5 Å². The first-order valence-electron chi connectivity index (χ1n) is 3.95. The topological polar surface area (TPSA) is 62.4 Å². The van der Waals surface area contributed by atoms with Gasteiger partial charge in [-0.25, -0.2) is 0 Å². The minimum absolute atomic E-state index is 0.0547. The SMILES string of the molecule is C=NNC[I-]C[N+]([CH2-])(CN)CNC. The Kier molecular flexibility index (Phi) is 7.53. The molecule has 0 aromatic carbocycles. The number of nitrogens with two attached hydrogens (primary N) is 1. The molecule has 13 heavy (non-hydrogen) atoms. The van der Waals surface area contributed by atoms with Crippen LogP contribution >= 0.6 is 0 Å². The first kappa shape index (κ1) is 13.1. The normalized spacial score (nSPS) is 15.3. The van der Waals surface area contributed by atoms with Gasteiger partial charge in [0.2, 0.25) is 0 Å². The van der Waals surface area contributed by atoms with Crippen LogP contribution in [0.15, 0.2) is 5.10 Å². The van der Waals surface area contributed by atoms with Crippen LogP contribution in [0.4, 0.5) is 0 Å². The molecule has 0 rings (SSSR count). The van der Waals surface area contributed by atoms with E-state index in [1.807, 2.05) is 7.05 Å². The average Bonchev–Trinajstić information content (AvgIpc) is 2.13. The molecule has 0 fully saturated rings. The first-order chi connectivity index (χ1) is 6.18. The van der Waals surface area contributed by atoms with Gasteiger partial charge in [-0.15, -0.1) is 0 Å². The molecule has 0 aromatic rings. The van der Waals surface area contributed by atoms with Crippen molar-refractivity contribution in [1.82, 2.24) is 10.7 Å². The molecule has 0 saturated heterocycles. The van der Waals surface area contributed by atoms with E-state index in [-0.39, 0.29) is 21.2 Å². The summed E-state index contributed by atoms with van der Waals surface area (Å²) in [6.07, 6.45) is 0. The monoisotopic (exact) mass is 300 g/mol. The Morgan fingerprint density at radius 3 is 2.85 bits per heavy atom. The standard InChI is InChI=1S/C7H19IN5/c1-10-7-13(3,6-9)5-8-4-12-11-2/h10,12H,2-7,9H2,1H3/q-1. The molecule has 80 valence electrons. The third-order valence-electron chi connectivity index (χ3n) is 1.48. The van der Waals surface area contributed by atoms with Crippen LogP contribution < -0.4 is 37.7 Å². The Morgan fingerprint density at radius 2 is 2.38 bits per heavy atom. The summed E-state index contributed by atoms with van der Waals surface area (Å²) in [7, 11) is 5.99. The zero-order valence-corrected chi connectivity index (χ0v) is 10.2. The van der Waals surface area contributed by atoms with Crippen LogP contribution in [0.2, 0.25) is 0 Å². The van der Waals surface area contributed by atoms with Crippen LogP contribution in [0.1, 0.15) is 0 Å². The van der Waals surface area contributed by atoms with Crippen LogP contribution in [0, 0.1) is 7.05 Å². The van der Waals surface area contributed by atoms with Crippen molar-refractivity contribution in [3.63, 3.8) is 0 Å². The van der Waals surface area contributed by atoms with E-state index < -0.39 is 0 Å². The van der Waals surface area contributed by atoms with Crippen molar-refractivity contribution in [1.29, 1.82) is 0 Å². The Bertz CT molecular complexity index is 143. The van der Waals surface area contributed by atoms with Crippen molar-refractivity contribution in [3.8, 4) is 0 Å². The molecular formula is C7H19IN5-. The predicted molar refractivity (Wildman–Crippen MR) is 51.0 cm³/mol. The van der Waals surface area contributed by atoms with Gasteiger partial charge in [0.25, 0.3) is 0 Å².